The number of aromatic amines is 1. The maximum Gasteiger partial charge on any atom is 0.265 e. The summed E-state index contributed by atoms with van der Waals surface area (Å²) in [6, 6.07) is 5.71. The van der Waals surface area contributed by atoms with E-state index in [1.165, 1.54) is 24.0 Å². The summed E-state index contributed by atoms with van der Waals surface area (Å²) in [5.74, 6) is -1.30. The number of carbonyl (C=O) groups is 2. The number of nitrogens with one attached hydrogen (secondary N) is 2. The van der Waals surface area contributed by atoms with Gasteiger partial charge >= 0.3 is 0 Å². The highest BCUT2D eigenvalue weighted by Crippen LogP contribution is 2.30. The number of anilines is 2. The summed E-state index contributed by atoms with van der Waals surface area (Å²) < 4.78 is 13.2. The number of aromatic nitrogens is 1. The molecule has 0 bridgehead atoms. The predicted octanol–water partition coefficient (Wildman–Crippen LogP) is 1.54. The van der Waals surface area contributed by atoms with Crippen molar-refractivity contribution in [3.63, 3.8) is 0 Å². The van der Waals surface area contributed by atoms with E-state index in [9.17, 15) is 23.9 Å². The third kappa shape index (κ3) is 3.36. The summed E-state index contributed by atoms with van der Waals surface area (Å²) in [6.07, 6.45) is -1.31. The molecule has 1 aliphatic heterocycles. The number of aliphatic hydroxyl groups is 1. The first-order chi connectivity index (χ1) is 13.2. The fraction of sp³-hybridized carbons (Fsp3) is 0.316. The molecule has 9 heteroatoms. The van der Waals surface area contributed by atoms with E-state index in [1.54, 1.807) is 26.0 Å². The van der Waals surface area contributed by atoms with Crippen LogP contribution in [0.15, 0.2) is 29.1 Å². The molecule has 0 radical (unpaired) electrons. The maximum absolute atomic E-state index is 13.2. The molecule has 3 rings (SSSR count). The highest BCUT2D eigenvalue weighted by molar-refractivity contribution is 6.02. The van der Waals surface area contributed by atoms with E-state index < -0.39 is 29.4 Å². The Labute approximate surface area is 160 Å². The molecule has 1 aromatic carbocycles. The molecule has 8 nitrogen and oxygen atoms in total. The van der Waals surface area contributed by atoms with Gasteiger partial charge in [-0.15, -0.1) is 0 Å². The molecule has 28 heavy (non-hydrogen) atoms. The van der Waals surface area contributed by atoms with Gasteiger partial charge in [-0.05, 0) is 31.5 Å². The van der Waals surface area contributed by atoms with Crippen molar-refractivity contribution in [3.05, 3.63) is 57.1 Å². The molecule has 0 fully saturated rings. The summed E-state index contributed by atoms with van der Waals surface area (Å²) >= 11 is 0. The lowest BCUT2D eigenvalue weighted by molar-refractivity contribution is -0.114. The van der Waals surface area contributed by atoms with Gasteiger partial charge in [0, 0.05) is 25.7 Å². The molecule has 2 aromatic rings. The molecule has 2 amide bonds. The molecule has 0 spiro atoms. The molecular formula is C19H21FN4O4. The van der Waals surface area contributed by atoms with Crippen LogP contribution in [0.1, 0.15) is 35.5 Å². The van der Waals surface area contributed by atoms with Crippen molar-refractivity contribution in [3.8, 4) is 0 Å². The number of carbonyl (C=O) groups excluding carboxylic acids is 2. The smallest absolute Gasteiger partial charge is 0.265 e. The molecule has 0 saturated heterocycles. The number of H-pyrrole nitrogens is 1. The molecule has 3 N–H and O–H groups in total. The summed E-state index contributed by atoms with van der Waals surface area (Å²) in [5, 5.41) is 13.2. The number of nitrogens with zero attached hydrogens (tertiary/aromatic N) is 2. The van der Waals surface area contributed by atoms with Gasteiger partial charge in [-0.25, -0.2) is 4.39 Å². The zero-order valence-electron chi connectivity index (χ0n) is 15.7. The molecule has 1 aliphatic rings. The second-order valence-corrected chi connectivity index (χ2v) is 6.55. The number of amides is 2. The predicted molar refractivity (Wildman–Crippen MR) is 101 cm³/mol. The SMILES string of the molecule is CCN1C(=O)c2c([nH]c(C)c(NC(C)=O)c2=O)N(Cc2ccc(F)cc2)C1O. The first kappa shape index (κ1) is 19.6. The fourth-order valence-corrected chi connectivity index (χ4v) is 3.23. The second-order valence-electron chi connectivity index (χ2n) is 6.55. The van der Waals surface area contributed by atoms with Crippen LogP contribution < -0.4 is 15.6 Å². The average molecular weight is 388 g/mol. The number of aryl methyl sites for hydroxylation is 1. The van der Waals surface area contributed by atoms with E-state index in [4.69, 9.17) is 0 Å². The Bertz CT molecular complexity index is 987. The lowest BCUT2D eigenvalue weighted by Crippen LogP contribution is -2.56. The molecule has 1 atom stereocenters. The second kappa shape index (κ2) is 7.43. The zero-order valence-corrected chi connectivity index (χ0v) is 15.7. The highest BCUT2D eigenvalue weighted by atomic mass is 19.1. The summed E-state index contributed by atoms with van der Waals surface area (Å²) in [7, 11) is 0. The molecule has 0 aliphatic carbocycles. The Hall–Kier alpha value is -3.20. The lowest BCUT2D eigenvalue weighted by Gasteiger charge is -2.41. The number of rotatable bonds is 4. The molecule has 148 valence electrons. The van der Waals surface area contributed by atoms with Gasteiger partial charge in [-0.2, -0.15) is 0 Å². The van der Waals surface area contributed by atoms with Gasteiger partial charge in [0.2, 0.25) is 17.7 Å². The van der Waals surface area contributed by atoms with Crippen molar-refractivity contribution in [1.82, 2.24) is 9.88 Å². The van der Waals surface area contributed by atoms with E-state index >= 15 is 0 Å². The van der Waals surface area contributed by atoms with Crippen LogP contribution in [0.2, 0.25) is 0 Å². The third-order valence-corrected chi connectivity index (χ3v) is 4.60. The lowest BCUT2D eigenvalue weighted by atomic mass is 10.1. The van der Waals surface area contributed by atoms with Gasteiger partial charge < -0.3 is 20.3 Å². The van der Waals surface area contributed by atoms with E-state index in [2.05, 4.69) is 10.3 Å². The highest BCUT2D eigenvalue weighted by Gasteiger charge is 2.39. The van der Waals surface area contributed by atoms with E-state index in [-0.39, 0.29) is 30.2 Å². The van der Waals surface area contributed by atoms with Crippen molar-refractivity contribution in [2.24, 2.45) is 0 Å². The number of hydrogen-bond acceptors (Lipinski definition) is 5. The van der Waals surface area contributed by atoms with Crippen LogP contribution in [-0.2, 0) is 11.3 Å². The topological polar surface area (TPSA) is 106 Å². The van der Waals surface area contributed by atoms with Gasteiger partial charge in [-0.3, -0.25) is 19.3 Å². The third-order valence-electron chi connectivity index (χ3n) is 4.60. The number of benzene rings is 1. The molecule has 1 aromatic heterocycles. The van der Waals surface area contributed by atoms with Gasteiger partial charge in [-0.1, -0.05) is 12.1 Å². The van der Waals surface area contributed by atoms with Crippen molar-refractivity contribution in [2.75, 3.05) is 16.8 Å². The molecule has 2 heterocycles. The molecular weight excluding hydrogens is 367 g/mol. The van der Waals surface area contributed by atoms with E-state index in [0.717, 1.165) is 4.90 Å². The van der Waals surface area contributed by atoms with Crippen molar-refractivity contribution >= 4 is 23.3 Å². The van der Waals surface area contributed by atoms with Crippen LogP contribution in [0, 0.1) is 12.7 Å². The van der Waals surface area contributed by atoms with Crippen LogP contribution in [-0.4, -0.2) is 39.7 Å². The first-order valence-electron chi connectivity index (χ1n) is 8.79. The minimum Gasteiger partial charge on any atom is -0.356 e. The number of aliphatic hydroxyl groups excluding tert-OH is 1. The Morgan fingerprint density at radius 2 is 1.89 bits per heavy atom. The van der Waals surface area contributed by atoms with Crippen LogP contribution in [0.5, 0.6) is 0 Å². The largest absolute Gasteiger partial charge is 0.356 e. The average Bonchev–Trinajstić information content (AvgIpc) is 2.63. The maximum atomic E-state index is 13.2. The number of pyridine rings is 1. The Kier molecular flexibility index (Phi) is 5.19. The van der Waals surface area contributed by atoms with Gasteiger partial charge in [0.05, 0.1) is 0 Å². The number of hydrogen-bond donors (Lipinski definition) is 3. The van der Waals surface area contributed by atoms with Crippen molar-refractivity contribution in [2.45, 2.75) is 33.7 Å². The minimum absolute atomic E-state index is 0.00576. The molecule has 0 saturated carbocycles. The Morgan fingerprint density at radius 1 is 1.25 bits per heavy atom. The summed E-state index contributed by atoms with van der Waals surface area (Å²) in [4.78, 5) is 42.8. The summed E-state index contributed by atoms with van der Waals surface area (Å²) in [6.45, 7) is 4.84. The Balaban J connectivity index is 2.16. The van der Waals surface area contributed by atoms with Crippen LogP contribution in [0.25, 0.3) is 0 Å². The zero-order chi connectivity index (χ0) is 20.6. The normalized spacial score (nSPS) is 16.2. The first-order valence-corrected chi connectivity index (χ1v) is 8.79. The van der Waals surface area contributed by atoms with E-state index in [1.807, 2.05) is 0 Å². The number of halogens is 1. The van der Waals surface area contributed by atoms with Crippen molar-refractivity contribution < 1.29 is 19.1 Å². The van der Waals surface area contributed by atoms with Gasteiger partial charge in [0.25, 0.3) is 5.91 Å². The minimum atomic E-state index is -1.31. The van der Waals surface area contributed by atoms with Gasteiger partial charge in [0.1, 0.15) is 22.9 Å². The van der Waals surface area contributed by atoms with Crippen LogP contribution >= 0.6 is 0 Å². The molecule has 1 unspecified atom stereocenters. The Morgan fingerprint density at radius 3 is 2.46 bits per heavy atom. The van der Waals surface area contributed by atoms with Gasteiger partial charge in [0.15, 0.2) is 0 Å². The quantitative estimate of drug-likeness (QED) is 0.737. The number of fused-ring (bicyclic) bond motifs is 1. The fourth-order valence-electron chi connectivity index (χ4n) is 3.23. The standard InChI is InChI=1S/C19H21FN4O4/c1-4-23-18(27)14-16(26)15(22-11(3)25)10(2)21-17(14)24(19(23)28)9-12-5-7-13(20)8-6-12/h5-8,19,28H,4,9H2,1-3H3,(H,21,26)(H,22,25). The van der Waals surface area contributed by atoms with Crippen molar-refractivity contribution in [1.29, 1.82) is 0 Å². The van der Waals surface area contributed by atoms with E-state index in [0.29, 0.717) is 11.3 Å². The van der Waals surface area contributed by atoms with Crippen LogP contribution in [0.3, 0.4) is 0 Å². The van der Waals surface area contributed by atoms with Crippen LogP contribution in [0.4, 0.5) is 15.9 Å². The monoisotopic (exact) mass is 388 g/mol. The summed E-state index contributed by atoms with van der Waals surface area (Å²) in [5.41, 5.74) is 0.243.